The van der Waals surface area contributed by atoms with Crippen molar-refractivity contribution in [1.29, 1.82) is 0 Å². The molecular weight excluding hydrogens is 326 g/mol. The summed E-state index contributed by atoms with van der Waals surface area (Å²) in [6.07, 6.45) is 4.94. The van der Waals surface area contributed by atoms with Gasteiger partial charge in [0.25, 0.3) is 5.91 Å². The summed E-state index contributed by atoms with van der Waals surface area (Å²) in [6.45, 7) is 1.61. The van der Waals surface area contributed by atoms with Crippen LogP contribution in [0.25, 0.3) is 0 Å². The van der Waals surface area contributed by atoms with Crippen LogP contribution in [0.1, 0.15) is 29.8 Å². The van der Waals surface area contributed by atoms with Crippen LogP contribution in [0.15, 0.2) is 36.5 Å². The Morgan fingerprint density at radius 3 is 2.75 bits per heavy atom. The minimum Gasteiger partial charge on any atom is -0.495 e. The lowest BCUT2D eigenvalue weighted by Crippen LogP contribution is -2.36. The van der Waals surface area contributed by atoms with E-state index in [2.05, 4.69) is 10.3 Å². The van der Waals surface area contributed by atoms with E-state index in [9.17, 15) is 4.79 Å². The number of nitrogens with zero attached hydrogens (tertiary/aromatic N) is 2. The third-order valence-electron chi connectivity index (χ3n) is 4.06. The number of pyridine rings is 1. The molecular formula is C18H20ClN3O2. The summed E-state index contributed by atoms with van der Waals surface area (Å²) in [6, 6.07) is 8.92. The topological polar surface area (TPSA) is 54.5 Å². The zero-order valence-corrected chi connectivity index (χ0v) is 14.3. The first-order valence-corrected chi connectivity index (χ1v) is 8.41. The van der Waals surface area contributed by atoms with Gasteiger partial charge in [-0.3, -0.25) is 9.78 Å². The summed E-state index contributed by atoms with van der Waals surface area (Å²) in [7, 11) is 1.60. The van der Waals surface area contributed by atoms with Crippen molar-refractivity contribution in [2.24, 2.45) is 0 Å². The molecule has 1 aromatic heterocycles. The number of nitrogens with one attached hydrogen (secondary N) is 1. The summed E-state index contributed by atoms with van der Waals surface area (Å²) in [5, 5.41) is 3.85. The monoisotopic (exact) mass is 345 g/mol. The van der Waals surface area contributed by atoms with Crippen LogP contribution in [-0.4, -0.2) is 36.0 Å². The molecule has 0 atom stereocenters. The van der Waals surface area contributed by atoms with Crippen molar-refractivity contribution in [3.05, 3.63) is 47.2 Å². The van der Waals surface area contributed by atoms with E-state index in [4.69, 9.17) is 16.3 Å². The molecule has 3 rings (SSSR count). The summed E-state index contributed by atoms with van der Waals surface area (Å²) >= 11 is 6.05. The van der Waals surface area contributed by atoms with Crippen LogP contribution >= 0.6 is 11.6 Å². The van der Waals surface area contributed by atoms with Gasteiger partial charge in [0, 0.05) is 30.0 Å². The summed E-state index contributed by atoms with van der Waals surface area (Å²) in [5.74, 6) is 0.663. The predicted molar refractivity (Wildman–Crippen MR) is 95.3 cm³/mol. The SMILES string of the molecule is COc1ccc(Cl)cc1Nc1ccnc(C(=O)N2CCCCC2)c1. The number of carbonyl (C=O) groups is 1. The number of likely N-dealkylation sites (tertiary alicyclic amines) is 1. The first kappa shape index (κ1) is 16.6. The van der Waals surface area contributed by atoms with Gasteiger partial charge in [0.2, 0.25) is 0 Å². The lowest BCUT2D eigenvalue weighted by molar-refractivity contribution is 0.0718. The average molecular weight is 346 g/mol. The van der Waals surface area contributed by atoms with E-state index in [-0.39, 0.29) is 5.91 Å². The third kappa shape index (κ3) is 3.79. The van der Waals surface area contributed by atoms with Crippen molar-refractivity contribution in [2.45, 2.75) is 19.3 Å². The van der Waals surface area contributed by atoms with Crippen molar-refractivity contribution in [2.75, 3.05) is 25.5 Å². The molecule has 2 aromatic rings. The van der Waals surface area contributed by atoms with Gasteiger partial charge in [-0.05, 0) is 49.6 Å². The molecule has 1 saturated heterocycles. The molecule has 126 valence electrons. The van der Waals surface area contributed by atoms with Gasteiger partial charge in [-0.1, -0.05) is 11.6 Å². The Morgan fingerprint density at radius 1 is 1.21 bits per heavy atom. The normalized spacial score (nSPS) is 14.3. The second kappa shape index (κ2) is 7.53. The van der Waals surface area contributed by atoms with Gasteiger partial charge in [-0.2, -0.15) is 0 Å². The highest BCUT2D eigenvalue weighted by Gasteiger charge is 2.19. The second-order valence-electron chi connectivity index (χ2n) is 5.75. The number of hydrogen-bond acceptors (Lipinski definition) is 4. The van der Waals surface area contributed by atoms with Gasteiger partial charge >= 0.3 is 0 Å². The Kier molecular flexibility index (Phi) is 5.20. The first-order valence-electron chi connectivity index (χ1n) is 8.03. The quantitative estimate of drug-likeness (QED) is 0.905. The summed E-state index contributed by atoms with van der Waals surface area (Å²) in [5.41, 5.74) is 1.96. The van der Waals surface area contributed by atoms with Crippen LogP contribution in [0, 0.1) is 0 Å². The second-order valence-corrected chi connectivity index (χ2v) is 6.19. The van der Waals surface area contributed by atoms with Crippen LogP contribution in [0.3, 0.4) is 0 Å². The molecule has 0 bridgehead atoms. The number of halogens is 1. The number of benzene rings is 1. The maximum Gasteiger partial charge on any atom is 0.272 e. The number of amides is 1. The average Bonchev–Trinajstić information content (AvgIpc) is 2.62. The van der Waals surface area contributed by atoms with Crippen molar-refractivity contribution >= 4 is 28.9 Å². The fourth-order valence-electron chi connectivity index (χ4n) is 2.82. The van der Waals surface area contributed by atoms with Crippen molar-refractivity contribution in [3.8, 4) is 5.75 Å². The zero-order chi connectivity index (χ0) is 16.9. The number of hydrogen-bond donors (Lipinski definition) is 1. The highest BCUT2D eigenvalue weighted by molar-refractivity contribution is 6.31. The van der Waals surface area contributed by atoms with E-state index >= 15 is 0 Å². The first-order chi connectivity index (χ1) is 11.7. The fourth-order valence-corrected chi connectivity index (χ4v) is 2.99. The minimum absolute atomic E-state index is 0.0172. The number of carbonyl (C=O) groups excluding carboxylic acids is 1. The number of piperidine rings is 1. The highest BCUT2D eigenvalue weighted by Crippen LogP contribution is 2.30. The Morgan fingerprint density at radius 2 is 2.00 bits per heavy atom. The van der Waals surface area contributed by atoms with Gasteiger partial charge in [0.1, 0.15) is 11.4 Å². The lowest BCUT2D eigenvalue weighted by Gasteiger charge is -2.26. The standard InChI is InChI=1S/C18H20ClN3O2/c1-24-17-6-5-13(19)11-15(17)21-14-7-8-20-16(12-14)18(23)22-9-3-2-4-10-22/h5-8,11-12H,2-4,9-10H2,1H3,(H,20,21). The van der Waals surface area contributed by atoms with Crippen LogP contribution in [0.2, 0.25) is 5.02 Å². The molecule has 1 aromatic carbocycles. The molecule has 0 aliphatic carbocycles. The number of methoxy groups -OCH3 is 1. The molecule has 1 aliphatic heterocycles. The van der Waals surface area contributed by atoms with Gasteiger partial charge in [0.05, 0.1) is 12.8 Å². The number of anilines is 2. The lowest BCUT2D eigenvalue weighted by atomic mass is 10.1. The van der Waals surface area contributed by atoms with E-state index in [1.165, 1.54) is 6.42 Å². The van der Waals surface area contributed by atoms with E-state index in [1.54, 1.807) is 37.6 Å². The molecule has 2 heterocycles. The molecule has 1 aliphatic rings. The van der Waals surface area contributed by atoms with E-state index in [1.807, 2.05) is 11.0 Å². The molecule has 0 radical (unpaired) electrons. The summed E-state index contributed by atoms with van der Waals surface area (Å²) < 4.78 is 5.33. The van der Waals surface area contributed by atoms with Gasteiger partial charge in [-0.15, -0.1) is 0 Å². The number of aromatic nitrogens is 1. The Labute approximate surface area is 146 Å². The van der Waals surface area contributed by atoms with Crippen molar-refractivity contribution < 1.29 is 9.53 Å². The van der Waals surface area contributed by atoms with Crippen LogP contribution in [0.4, 0.5) is 11.4 Å². The maximum absolute atomic E-state index is 12.6. The molecule has 0 spiro atoms. The van der Waals surface area contributed by atoms with Crippen molar-refractivity contribution in [1.82, 2.24) is 9.88 Å². The Balaban J connectivity index is 1.80. The minimum atomic E-state index is -0.0172. The Bertz CT molecular complexity index is 730. The maximum atomic E-state index is 12.6. The van der Waals surface area contributed by atoms with Crippen LogP contribution in [-0.2, 0) is 0 Å². The van der Waals surface area contributed by atoms with Gasteiger partial charge in [0.15, 0.2) is 0 Å². The van der Waals surface area contributed by atoms with Crippen molar-refractivity contribution in [3.63, 3.8) is 0 Å². The van der Waals surface area contributed by atoms with Crippen LogP contribution < -0.4 is 10.1 Å². The number of ether oxygens (including phenoxy) is 1. The van der Waals surface area contributed by atoms with E-state index in [0.29, 0.717) is 16.5 Å². The van der Waals surface area contributed by atoms with E-state index < -0.39 is 0 Å². The summed E-state index contributed by atoms with van der Waals surface area (Å²) in [4.78, 5) is 18.7. The molecule has 5 nitrogen and oxygen atoms in total. The van der Waals surface area contributed by atoms with Gasteiger partial charge in [-0.25, -0.2) is 0 Å². The predicted octanol–water partition coefficient (Wildman–Crippen LogP) is 4.11. The molecule has 1 amide bonds. The smallest absolute Gasteiger partial charge is 0.272 e. The van der Waals surface area contributed by atoms with E-state index in [0.717, 1.165) is 37.3 Å². The molecule has 1 N–H and O–H groups in total. The highest BCUT2D eigenvalue weighted by atomic mass is 35.5. The molecule has 0 unspecified atom stereocenters. The largest absolute Gasteiger partial charge is 0.495 e. The fraction of sp³-hybridized carbons (Fsp3) is 0.333. The molecule has 6 heteroatoms. The number of rotatable bonds is 4. The zero-order valence-electron chi connectivity index (χ0n) is 13.6. The molecule has 0 saturated carbocycles. The Hall–Kier alpha value is -2.27. The molecule has 24 heavy (non-hydrogen) atoms. The molecule has 1 fully saturated rings. The van der Waals surface area contributed by atoms with Gasteiger partial charge < -0.3 is 15.0 Å². The third-order valence-corrected chi connectivity index (χ3v) is 4.30. The van der Waals surface area contributed by atoms with Crippen LogP contribution in [0.5, 0.6) is 5.75 Å².